The summed E-state index contributed by atoms with van der Waals surface area (Å²) in [5.74, 6) is -0.290. The number of rotatable bonds is 5. The molecule has 19 heavy (non-hydrogen) atoms. The van der Waals surface area contributed by atoms with Crippen molar-refractivity contribution in [2.75, 3.05) is 6.54 Å². The summed E-state index contributed by atoms with van der Waals surface area (Å²) >= 11 is 0. The van der Waals surface area contributed by atoms with Crippen molar-refractivity contribution in [2.45, 2.75) is 6.54 Å². The molecule has 0 spiro atoms. The first-order chi connectivity index (χ1) is 9.16. The third-order valence-electron chi connectivity index (χ3n) is 2.75. The van der Waals surface area contributed by atoms with Crippen LogP contribution >= 0.6 is 0 Å². The lowest BCUT2D eigenvalue weighted by Gasteiger charge is -2.06. The molecular weight excluding hydrogens is 242 g/mol. The van der Waals surface area contributed by atoms with Crippen LogP contribution in [0.15, 0.2) is 48.5 Å². The Morgan fingerprint density at radius 1 is 1.00 bits per heavy atom. The number of nitrogens with one attached hydrogen (secondary N) is 1. The molecule has 2 aromatic carbocycles. The van der Waals surface area contributed by atoms with Crippen LogP contribution in [0.4, 0.5) is 0 Å². The lowest BCUT2D eigenvalue weighted by molar-refractivity contribution is 0.0991. The van der Waals surface area contributed by atoms with Gasteiger partial charge in [-0.3, -0.25) is 4.79 Å². The van der Waals surface area contributed by atoms with Crippen molar-refractivity contribution in [3.05, 3.63) is 59.7 Å². The van der Waals surface area contributed by atoms with E-state index in [4.69, 9.17) is 0 Å². The average Bonchev–Trinajstić information content (AvgIpc) is 2.43. The summed E-state index contributed by atoms with van der Waals surface area (Å²) in [6.07, 6.45) is 0. The molecule has 0 radical (unpaired) electrons. The summed E-state index contributed by atoms with van der Waals surface area (Å²) in [5, 5.41) is 21.5. The van der Waals surface area contributed by atoms with E-state index in [1.807, 2.05) is 18.2 Å². The van der Waals surface area contributed by atoms with E-state index in [1.165, 1.54) is 12.1 Å². The van der Waals surface area contributed by atoms with E-state index < -0.39 is 0 Å². The van der Waals surface area contributed by atoms with Crippen molar-refractivity contribution >= 4 is 5.78 Å². The average molecular weight is 257 g/mol. The summed E-state index contributed by atoms with van der Waals surface area (Å²) in [5.41, 5.74) is 1.47. The van der Waals surface area contributed by atoms with Gasteiger partial charge in [-0.25, -0.2) is 0 Å². The number of ketones is 1. The molecule has 0 saturated heterocycles. The van der Waals surface area contributed by atoms with Crippen LogP contribution in [0.2, 0.25) is 0 Å². The minimum Gasteiger partial charge on any atom is -0.504 e. The predicted molar refractivity (Wildman–Crippen MR) is 72.3 cm³/mol. The van der Waals surface area contributed by atoms with Crippen molar-refractivity contribution in [3.63, 3.8) is 0 Å². The Hall–Kier alpha value is -2.33. The van der Waals surface area contributed by atoms with Crippen molar-refractivity contribution < 1.29 is 15.0 Å². The summed E-state index contributed by atoms with van der Waals surface area (Å²) in [4.78, 5) is 11.8. The number of carbonyl (C=O) groups is 1. The maximum absolute atomic E-state index is 11.8. The van der Waals surface area contributed by atoms with E-state index >= 15 is 0 Å². The van der Waals surface area contributed by atoms with Gasteiger partial charge >= 0.3 is 0 Å². The first-order valence-corrected chi connectivity index (χ1v) is 5.96. The van der Waals surface area contributed by atoms with Gasteiger partial charge in [0.15, 0.2) is 17.3 Å². The third-order valence-corrected chi connectivity index (χ3v) is 2.75. The number of hydrogen-bond acceptors (Lipinski definition) is 4. The standard InChI is InChI=1S/C15H15NO3/c17-13-7-6-11(8-14(13)18)9-16-10-15(19)12-4-2-1-3-5-12/h1-8,16-18H,9-10H2. The lowest BCUT2D eigenvalue weighted by Crippen LogP contribution is -2.22. The predicted octanol–water partition coefficient (Wildman–Crippen LogP) is 2.07. The molecule has 98 valence electrons. The molecule has 0 unspecified atom stereocenters. The molecule has 0 bridgehead atoms. The first kappa shape index (κ1) is 13.1. The van der Waals surface area contributed by atoms with Crippen LogP contribution in [0.3, 0.4) is 0 Å². The van der Waals surface area contributed by atoms with Crippen LogP contribution in [-0.2, 0) is 6.54 Å². The molecule has 0 atom stereocenters. The van der Waals surface area contributed by atoms with Gasteiger partial charge in [0, 0.05) is 12.1 Å². The van der Waals surface area contributed by atoms with E-state index in [0.29, 0.717) is 12.1 Å². The SMILES string of the molecule is O=C(CNCc1ccc(O)c(O)c1)c1ccccc1. The van der Waals surface area contributed by atoms with Crippen LogP contribution < -0.4 is 5.32 Å². The summed E-state index contributed by atoms with van der Waals surface area (Å²) < 4.78 is 0. The van der Waals surface area contributed by atoms with Crippen LogP contribution in [0.5, 0.6) is 11.5 Å². The topological polar surface area (TPSA) is 69.6 Å². The van der Waals surface area contributed by atoms with Crippen LogP contribution in [0.1, 0.15) is 15.9 Å². The minimum atomic E-state index is -0.159. The highest BCUT2D eigenvalue weighted by Gasteiger charge is 2.05. The second-order valence-electron chi connectivity index (χ2n) is 4.22. The zero-order valence-electron chi connectivity index (χ0n) is 10.3. The fourth-order valence-electron chi connectivity index (χ4n) is 1.73. The number of Topliss-reactive ketones (excluding diaryl/α,β-unsaturated/α-hetero) is 1. The number of aromatic hydroxyl groups is 2. The lowest BCUT2D eigenvalue weighted by atomic mass is 10.1. The number of hydrogen-bond donors (Lipinski definition) is 3. The highest BCUT2D eigenvalue weighted by molar-refractivity contribution is 5.97. The molecule has 0 amide bonds. The van der Waals surface area contributed by atoms with Gasteiger partial charge in [-0.1, -0.05) is 36.4 Å². The zero-order valence-corrected chi connectivity index (χ0v) is 10.3. The van der Waals surface area contributed by atoms with E-state index in [-0.39, 0.29) is 23.8 Å². The van der Waals surface area contributed by atoms with Crippen LogP contribution in [0.25, 0.3) is 0 Å². The number of carbonyl (C=O) groups excluding carboxylic acids is 1. The molecule has 0 heterocycles. The van der Waals surface area contributed by atoms with Crippen molar-refractivity contribution in [1.29, 1.82) is 0 Å². The fourth-order valence-corrected chi connectivity index (χ4v) is 1.73. The molecule has 3 N–H and O–H groups in total. The van der Waals surface area contributed by atoms with E-state index in [2.05, 4.69) is 5.32 Å². The van der Waals surface area contributed by atoms with Gasteiger partial charge in [-0.15, -0.1) is 0 Å². The Morgan fingerprint density at radius 2 is 1.74 bits per heavy atom. The molecule has 0 aliphatic rings. The van der Waals surface area contributed by atoms with Gasteiger partial charge in [-0.05, 0) is 17.7 Å². The second kappa shape index (κ2) is 6.02. The number of benzene rings is 2. The van der Waals surface area contributed by atoms with Crippen LogP contribution in [-0.4, -0.2) is 22.5 Å². The van der Waals surface area contributed by atoms with Crippen LogP contribution in [0, 0.1) is 0 Å². The van der Waals surface area contributed by atoms with Gasteiger partial charge < -0.3 is 15.5 Å². The highest BCUT2D eigenvalue weighted by atomic mass is 16.3. The largest absolute Gasteiger partial charge is 0.504 e. The van der Waals surface area contributed by atoms with Gasteiger partial charge in [-0.2, -0.15) is 0 Å². The molecule has 0 aliphatic carbocycles. The molecule has 0 saturated carbocycles. The van der Waals surface area contributed by atoms with Crippen molar-refractivity contribution in [1.82, 2.24) is 5.32 Å². The first-order valence-electron chi connectivity index (χ1n) is 5.96. The van der Waals surface area contributed by atoms with E-state index in [1.54, 1.807) is 18.2 Å². The molecule has 0 aromatic heterocycles. The summed E-state index contributed by atoms with van der Waals surface area (Å²) in [7, 11) is 0. The van der Waals surface area contributed by atoms with Gasteiger partial charge in [0.1, 0.15) is 0 Å². The Labute approximate surface area is 111 Å². The zero-order chi connectivity index (χ0) is 13.7. The van der Waals surface area contributed by atoms with Crippen molar-refractivity contribution in [2.24, 2.45) is 0 Å². The summed E-state index contributed by atoms with van der Waals surface area (Å²) in [6, 6.07) is 13.6. The quantitative estimate of drug-likeness (QED) is 0.566. The smallest absolute Gasteiger partial charge is 0.176 e. The van der Waals surface area contributed by atoms with Gasteiger partial charge in [0.2, 0.25) is 0 Å². The number of phenols is 2. The fraction of sp³-hybridized carbons (Fsp3) is 0.133. The highest BCUT2D eigenvalue weighted by Crippen LogP contribution is 2.24. The second-order valence-corrected chi connectivity index (χ2v) is 4.22. The Balaban J connectivity index is 1.87. The Kier molecular flexibility index (Phi) is 4.15. The molecular formula is C15H15NO3. The molecule has 2 aromatic rings. The minimum absolute atomic E-state index is 0.0172. The molecule has 4 nitrogen and oxygen atoms in total. The normalized spacial score (nSPS) is 10.3. The molecule has 0 aliphatic heterocycles. The van der Waals surface area contributed by atoms with Crippen molar-refractivity contribution in [3.8, 4) is 11.5 Å². The monoisotopic (exact) mass is 257 g/mol. The molecule has 0 fully saturated rings. The molecule has 4 heteroatoms. The summed E-state index contributed by atoms with van der Waals surface area (Å²) in [6.45, 7) is 0.679. The maximum atomic E-state index is 11.8. The van der Waals surface area contributed by atoms with Gasteiger partial charge in [0.05, 0.1) is 6.54 Å². The van der Waals surface area contributed by atoms with E-state index in [9.17, 15) is 15.0 Å². The van der Waals surface area contributed by atoms with Gasteiger partial charge in [0.25, 0.3) is 0 Å². The third kappa shape index (κ3) is 3.56. The maximum Gasteiger partial charge on any atom is 0.176 e. The Morgan fingerprint density at radius 3 is 2.42 bits per heavy atom. The number of phenolic OH excluding ortho intramolecular Hbond substituents is 2. The molecule has 2 rings (SSSR count). The Bertz CT molecular complexity index is 567. The van der Waals surface area contributed by atoms with E-state index in [0.717, 1.165) is 5.56 Å².